The zero-order valence-electron chi connectivity index (χ0n) is 62.2. The van der Waals surface area contributed by atoms with Crippen molar-refractivity contribution >= 4 is 39.5 Å². The Morgan fingerprint density at radius 2 is 0.500 bits per heavy atom. The maximum absolute atomic E-state index is 13.1. The van der Waals surface area contributed by atoms with Crippen molar-refractivity contribution in [1.29, 1.82) is 0 Å². The minimum atomic E-state index is -4.98. The molecule has 17 nitrogen and oxygen atoms in total. The molecule has 0 aromatic heterocycles. The van der Waals surface area contributed by atoms with Gasteiger partial charge in [-0.15, -0.1) is 0 Å². The number of carbonyl (C=O) groups excluding carboxylic acids is 4. The summed E-state index contributed by atoms with van der Waals surface area (Å²) in [6.45, 7) is 4.80. The number of rotatable bonds is 74. The van der Waals surface area contributed by atoms with E-state index in [-0.39, 0.29) is 25.7 Å². The normalized spacial score (nSPS) is 14.3. The molecule has 3 N–H and O–H groups in total. The highest BCUT2D eigenvalue weighted by molar-refractivity contribution is 7.47. The third-order valence-electron chi connectivity index (χ3n) is 16.6. The van der Waals surface area contributed by atoms with Gasteiger partial charge in [0.25, 0.3) is 0 Å². The average Bonchev–Trinajstić information content (AvgIpc) is 1.04. The number of phosphoric ester groups is 2. The summed E-state index contributed by atoms with van der Waals surface area (Å²) in [4.78, 5) is 72.9. The highest BCUT2D eigenvalue weighted by atomic mass is 31.2. The van der Waals surface area contributed by atoms with Gasteiger partial charge in [0.2, 0.25) is 0 Å². The molecule has 5 atom stereocenters. The van der Waals surface area contributed by atoms with Gasteiger partial charge in [-0.25, -0.2) is 9.13 Å². The van der Waals surface area contributed by atoms with E-state index < -0.39 is 97.5 Å². The van der Waals surface area contributed by atoms with Gasteiger partial charge in [-0.1, -0.05) is 274 Å². The maximum Gasteiger partial charge on any atom is 0.472 e. The molecule has 2 unspecified atom stereocenters. The molecular formula is C79H142O17P2. The second kappa shape index (κ2) is 71.9. The van der Waals surface area contributed by atoms with Gasteiger partial charge < -0.3 is 33.8 Å². The summed E-state index contributed by atoms with van der Waals surface area (Å²) >= 11 is 0. The lowest BCUT2D eigenvalue weighted by Crippen LogP contribution is -2.30. The van der Waals surface area contributed by atoms with Crippen molar-refractivity contribution < 1.29 is 80.2 Å². The first-order valence-electron chi connectivity index (χ1n) is 39.2. The number of allylic oxidation sites excluding steroid dienone is 12. The van der Waals surface area contributed by atoms with Crippen LogP contribution in [-0.2, 0) is 65.4 Å². The fourth-order valence-electron chi connectivity index (χ4n) is 10.6. The lowest BCUT2D eigenvalue weighted by atomic mass is 10.0. The van der Waals surface area contributed by atoms with Crippen LogP contribution in [0.15, 0.2) is 72.9 Å². The molecule has 0 fully saturated rings. The van der Waals surface area contributed by atoms with Crippen LogP contribution in [0.2, 0.25) is 0 Å². The Bertz CT molecular complexity index is 2140. The molecule has 0 amide bonds. The largest absolute Gasteiger partial charge is 0.472 e. The van der Waals surface area contributed by atoms with Gasteiger partial charge in [0.15, 0.2) is 12.2 Å². The van der Waals surface area contributed by atoms with E-state index in [0.717, 1.165) is 154 Å². The molecule has 0 saturated carbocycles. The lowest BCUT2D eigenvalue weighted by molar-refractivity contribution is -0.161. The zero-order valence-corrected chi connectivity index (χ0v) is 64.0. The molecule has 0 aliphatic rings. The van der Waals surface area contributed by atoms with E-state index in [0.29, 0.717) is 25.7 Å². The first-order chi connectivity index (χ1) is 47.7. The van der Waals surface area contributed by atoms with Crippen molar-refractivity contribution in [2.45, 2.75) is 367 Å². The molecule has 0 aromatic rings. The van der Waals surface area contributed by atoms with Crippen LogP contribution in [-0.4, -0.2) is 96.7 Å². The summed E-state index contributed by atoms with van der Waals surface area (Å²) in [5.41, 5.74) is 0. The summed E-state index contributed by atoms with van der Waals surface area (Å²) < 4.78 is 68.5. The Hall–Kier alpha value is -3.50. The molecule has 0 spiro atoms. The highest BCUT2D eigenvalue weighted by Crippen LogP contribution is 2.45. The SMILES string of the molecule is CCCCC/C=C\C/C=C\CCCCCCCC(=O)OC[C@H](COP(=O)(O)OC[C@H](O)COP(=O)(O)OC[C@@H](COC(=O)CCCCCCCCCCCCCCC)OC(=O)CCCCCCC/C=C\C/C=C\CCCCC)OC(=O)CCCCCCC/C=C\C/C=C\CCCCC. The van der Waals surface area contributed by atoms with E-state index in [1.165, 1.54) is 116 Å². The molecule has 0 aromatic carbocycles. The van der Waals surface area contributed by atoms with Gasteiger partial charge >= 0.3 is 39.5 Å². The first kappa shape index (κ1) is 94.5. The van der Waals surface area contributed by atoms with Crippen LogP contribution in [0.25, 0.3) is 0 Å². The molecule has 0 aliphatic carbocycles. The molecule has 0 heterocycles. The maximum atomic E-state index is 13.1. The predicted molar refractivity (Wildman–Crippen MR) is 400 cm³/mol. The number of aliphatic hydroxyl groups is 1. The Morgan fingerprint density at radius 3 is 0.776 bits per heavy atom. The van der Waals surface area contributed by atoms with Crippen molar-refractivity contribution in [2.24, 2.45) is 0 Å². The minimum Gasteiger partial charge on any atom is -0.462 e. The van der Waals surface area contributed by atoms with Gasteiger partial charge in [-0.2, -0.15) is 0 Å². The monoisotopic (exact) mass is 1420 g/mol. The van der Waals surface area contributed by atoms with Crippen LogP contribution in [0.1, 0.15) is 349 Å². The summed E-state index contributed by atoms with van der Waals surface area (Å²) in [5, 5.41) is 10.6. The van der Waals surface area contributed by atoms with Crippen molar-refractivity contribution in [3.63, 3.8) is 0 Å². The Kier molecular flexibility index (Phi) is 69.3. The predicted octanol–water partition coefficient (Wildman–Crippen LogP) is 22.4. The number of unbranched alkanes of at least 4 members (excludes halogenated alkanes) is 36. The third-order valence-corrected chi connectivity index (χ3v) is 18.5. The number of carbonyl (C=O) groups is 4. The van der Waals surface area contributed by atoms with E-state index >= 15 is 0 Å². The van der Waals surface area contributed by atoms with Crippen LogP contribution in [0.5, 0.6) is 0 Å². The second-order valence-corrected chi connectivity index (χ2v) is 29.2. The van der Waals surface area contributed by atoms with E-state index in [2.05, 4.69) is 101 Å². The van der Waals surface area contributed by atoms with Crippen LogP contribution in [0.3, 0.4) is 0 Å². The molecular weight excluding hydrogens is 1280 g/mol. The molecule has 0 bridgehead atoms. The Labute approximate surface area is 596 Å². The fourth-order valence-corrected chi connectivity index (χ4v) is 12.2. The number of aliphatic hydroxyl groups excluding tert-OH is 1. The lowest BCUT2D eigenvalue weighted by Gasteiger charge is -2.21. The van der Waals surface area contributed by atoms with Crippen molar-refractivity contribution in [3.05, 3.63) is 72.9 Å². The van der Waals surface area contributed by atoms with Crippen molar-refractivity contribution in [3.8, 4) is 0 Å². The van der Waals surface area contributed by atoms with Crippen molar-refractivity contribution in [1.82, 2.24) is 0 Å². The summed E-state index contributed by atoms with van der Waals surface area (Å²) in [5.74, 6) is -2.20. The summed E-state index contributed by atoms with van der Waals surface area (Å²) in [7, 11) is -9.95. The van der Waals surface area contributed by atoms with Gasteiger partial charge in [0.1, 0.15) is 19.3 Å². The van der Waals surface area contributed by atoms with E-state index in [1.807, 2.05) is 0 Å². The van der Waals surface area contributed by atoms with Gasteiger partial charge in [-0.3, -0.25) is 37.3 Å². The first-order valence-corrected chi connectivity index (χ1v) is 42.2. The molecule has 0 aliphatic heterocycles. The molecule has 0 saturated heterocycles. The smallest absolute Gasteiger partial charge is 0.462 e. The second-order valence-electron chi connectivity index (χ2n) is 26.3. The highest BCUT2D eigenvalue weighted by Gasteiger charge is 2.30. The van der Waals surface area contributed by atoms with Crippen LogP contribution in [0.4, 0.5) is 0 Å². The quantitative estimate of drug-likeness (QED) is 0.0169. The molecule has 98 heavy (non-hydrogen) atoms. The molecule has 19 heteroatoms. The fraction of sp³-hybridized carbons (Fsp3) is 0.797. The summed E-state index contributed by atoms with van der Waals surface area (Å²) in [6, 6.07) is 0. The molecule has 0 radical (unpaired) electrons. The van der Waals surface area contributed by atoms with Gasteiger partial charge in [-0.05, 0) is 122 Å². The van der Waals surface area contributed by atoms with Gasteiger partial charge in [0.05, 0.1) is 26.4 Å². The average molecular weight is 1430 g/mol. The number of esters is 4. The van der Waals surface area contributed by atoms with Crippen LogP contribution in [0, 0.1) is 0 Å². The number of hydrogen-bond acceptors (Lipinski definition) is 15. The number of hydrogen-bond donors (Lipinski definition) is 3. The Balaban J connectivity index is 5.36. The van der Waals surface area contributed by atoms with Crippen LogP contribution < -0.4 is 0 Å². The summed E-state index contributed by atoms with van der Waals surface area (Å²) in [6.07, 6.45) is 71.6. The van der Waals surface area contributed by atoms with Gasteiger partial charge in [0, 0.05) is 25.7 Å². The molecule has 570 valence electrons. The number of ether oxygens (including phenoxy) is 4. The van der Waals surface area contributed by atoms with Crippen molar-refractivity contribution in [2.75, 3.05) is 39.6 Å². The van der Waals surface area contributed by atoms with E-state index in [1.54, 1.807) is 0 Å². The minimum absolute atomic E-state index is 0.0780. The standard InChI is InChI=1S/C79H142O17P2/c1-5-9-13-17-21-25-29-33-36-40-44-48-52-56-60-64-77(82)90-70-75(96-79(84)66-62-58-54-50-46-42-38-35-31-27-23-19-15-11-7-3)72-94-98(87,88)92-68-73(80)67-91-97(85,86)93-71-74(69-89-76(81)63-59-55-51-47-43-39-32-28-24-20-16-12-8-4)95-78(83)65-61-57-53-49-45-41-37-34-30-26-22-18-14-10-6-2/h21-23,25-27,33-38,73-75,80H,5-20,24,28-32,39-72H2,1-4H3,(H,85,86)(H,87,88)/b25-21-,26-22-,27-23-,36-33-,37-34-,38-35-/t73-,74-,75-/m1/s1. The molecule has 0 rings (SSSR count). The third kappa shape index (κ3) is 70.9. The van der Waals surface area contributed by atoms with E-state index in [4.69, 9.17) is 37.0 Å². The number of phosphoric acid groups is 2. The zero-order chi connectivity index (χ0) is 71.8. The Morgan fingerprint density at radius 1 is 0.286 bits per heavy atom. The van der Waals surface area contributed by atoms with E-state index in [9.17, 15) is 43.2 Å². The van der Waals surface area contributed by atoms with Crippen LogP contribution >= 0.6 is 15.6 Å². The topological polar surface area (TPSA) is 237 Å².